The Morgan fingerprint density at radius 3 is 2.36 bits per heavy atom. The van der Waals surface area contributed by atoms with Crippen LogP contribution < -0.4 is 0 Å². The molecule has 0 atom stereocenters. The van der Waals surface area contributed by atoms with Gasteiger partial charge in [-0.05, 0) is 37.5 Å². The van der Waals surface area contributed by atoms with Gasteiger partial charge >= 0.3 is 0 Å². The summed E-state index contributed by atoms with van der Waals surface area (Å²) in [6.07, 6.45) is 0. The van der Waals surface area contributed by atoms with Gasteiger partial charge in [0.25, 0.3) is 0 Å². The van der Waals surface area contributed by atoms with Gasteiger partial charge < -0.3 is 0 Å². The van der Waals surface area contributed by atoms with Crippen LogP contribution in [-0.2, 0) is 0 Å². The first-order valence-electron chi connectivity index (χ1n) is 4.34. The molecule has 1 aromatic carbocycles. The van der Waals surface area contributed by atoms with Crippen LogP contribution in [0.15, 0.2) is 6.07 Å². The Kier molecular flexibility index (Phi) is 3.57. The molecule has 0 N–H and O–H groups in total. The molecule has 0 aliphatic heterocycles. The lowest BCUT2D eigenvalue weighted by Gasteiger charge is -2.11. The van der Waals surface area contributed by atoms with Crippen LogP contribution in [0.3, 0.4) is 0 Å². The summed E-state index contributed by atoms with van der Waals surface area (Å²) in [5, 5.41) is 0.657. The Morgan fingerprint density at radius 2 is 1.86 bits per heavy atom. The van der Waals surface area contributed by atoms with E-state index >= 15 is 0 Å². The number of hydrogen-bond donors (Lipinski definition) is 0. The average molecular weight is 231 g/mol. The molecule has 3 heteroatoms. The molecule has 1 aromatic rings. The Morgan fingerprint density at radius 1 is 1.29 bits per heavy atom. The summed E-state index contributed by atoms with van der Waals surface area (Å²) < 4.78 is 0. The van der Waals surface area contributed by atoms with E-state index in [9.17, 15) is 4.79 Å². The second kappa shape index (κ2) is 4.33. The fourth-order valence-corrected chi connectivity index (χ4v) is 1.94. The van der Waals surface area contributed by atoms with Gasteiger partial charge in [0.1, 0.15) is 0 Å². The zero-order chi connectivity index (χ0) is 10.9. The van der Waals surface area contributed by atoms with Crippen molar-refractivity contribution in [1.29, 1.82) is 0 Å². The first-order chi connectivity index (χ1) is 6.49. The van der Waals surface area contributed by atoms with E-state index in [2.05, 4.69) is 0 Å². The van der Waals surface area contributed by atoms with Crippen molar-refractivity contribution in [3.05, 3.63) is 33.3 Å². The molecular formula is C11H12Cl2O. The molecular weight excluding hydrogens is 219 g/mol. The number of alkyl halides is 1. The summed E-state index contributed by atoms with van der Waals surface area (Å²) in [7, 11) is 0. The van der Waals surface area contributed by atoms with Crippen LogP contribution >= 0.6 is 23.2 Å². The number of halogens is 2. The topological polar surface area (TPSA) is 17.1 Å². The van der Waals surface area contributed by atoms with Gasteiger partial charge in [-0.3, -0.25) is 4.79 Å². The van der Waals surface area contributed by atoms with E-state index < -0.39 is 0 Å². The van der Waals surface area contributed by atoms with Crippen molar-refractivity contribution >= 4 is 29.0 Å². The Labute approximate surface area is 94.0 Å². The van der Waals surface area contributed by atoms with Gasteiger partial charge in [0.15, 0.2) is 5.78 Å². The first kappa shape index (κ1) is 11.5. The largest absolute Gasteiger partial charge is 0.293 e. The smallest absolute Gasteiger partial charge is 0.178 e. The lowest BCUT2D eigenvalue weighted by molar-refractivity contribution is 0.102. The Bertz CT molecular complexity index is 383. The van der Waals surface area contributed by atoms with Crippen LogP contribution in [0.5, 0.6) is 0 Å². The number of Topliss-reactive ketones (excluding diaryl/α,β-unsaturated/α-hetero) is 1. The number of benzene rings is 1. The SMILES string of the molecule is Cc1cc(C)c(C(=O)CCl)c(C)c1Cl. The molecule has 14 heavy (non-hydrogen) atoms. The van der Waals surface area contributed by atoms with Crippen LogP contribution in [0.25, 0.3) is 0 Å². The van der Waals surface area contributed by atoms with Crippen LogP contribution in [0.2, 0.25) is 5.02 Å². The highest BCUT2D eigenvalue weighted by molar-refractivity contribution is 6.34. The van der Waals surface area contributed by atoms with E-state index in [1.165, 1.54) is 0 Å². The number of aryl methyl sites for hydroxylation is 2. The van der Waals surface area contributed by atoms with Gasteiger partial charge in [-0.15, -0.1) is 11.6 Å². The first-order valence-corrected chi connectivity index (χ1v) is 5.25. The maximum absolute atomic E-state index is 11.5. The van der Waals surface area contributed by atoms with Gasteiger partial charge in [0, 0.05) is 10.6 Å². The minimum atomic E-state index is -0.0661. The van der Waals surface area contributed by atoms with Crippen molar-refractivity contribution in [2.24, 2.45) is 0 Å². The van der Waals surface area contributed by atoms with E-state index in [-0.39, 0.29) is 11.7 Å². The third kappa shape index (κ3) is 1.94. The van der Waals surface area contributed by atoms with Crippen LogP contribution in [0.4, 0.5) is 0 Å². The average Bonchev–Trinajstić information content (AvgIpc) is 2.14. The van der Waals surface area contributed by atoms with E-state index in [0.717, 1.165) is 16.7 Å². The number of carbonyl (C=O) groups is 1. The van der Waals surface area contributed by atoms with Crippen LogP contribution in [-0.4, -0.2) is 11.7 Å². The highest BCUT2D eigenvalue weighted by Crippen LogP contribution is 2.26. The Balaban J connectivity index is 3.44. The van der Waals surface area contributed by atoms with Crippen molar-refractivity contribution in [2.45, 2.75) is 20.8 Å². The van der Waals surface area contributed by atoms with Crippen molar-refractivity contribution < 1.29 is 4.79 Å². The second-order valence-electron chi connectivity index (χ2n) is 3.38. The fraction of sp³-hybridized carbons (Fsp3) is 0.364. The van der Waals surface area contributed by atoms with E-state index in [4.69, 9.17) is 23.2 Å². The number of ketones is 1. The summed E-state index contributed by atoms with van der Waals surface area (Å²) in [5.74, 6) is -0.0651. The molecule has 0 aliphatic carbocycles. The van der Waals surface area contributed by atoms with E-state index in [1.54, 1.807) is 0 Å². The second-order valence-corrected chi connectivity index (χ2v) is 4.03. The molecule has 0 heterocycles. The molecule has 0 bridgehead atoms. The highest BCUT2D eigenvalue weighted by Gasteiger charge is 2.14. The molecule has 0 aromatic heterocycles. The third-order valence-corrected chi connectivity index (χ3v) is 3.10. The molecule has 0 saturated heterocycles. The standard InChI is InChI=1S/C11H12Cl2O/c1-6-4-7(2)11(13)8(3)10(6)9(14)5-12/h4H,5H2,1-3H3. The molecule has 0 unspecified atom stereocenters. The van der Waals surface area contributed by atoms with Crippen molar-refractivity contribution in [3.63, 3.8) is 0 Å². The normalized spacial score (nSPS) is 10.4. The fourth-order valence-electron chi connectivity index (χ4n) is 1.66. The quantitative estimate of drug-likeness (QED) is 0.560. The lowest BCUT2D eigenvalue weighted by atomic mass is 9.97. The molecule has 1 nitrogen and oxygen atoms in total. The molecule has 76 valence electrons. The van der Waals surface area contributed by atoms with Crippen molar-refractivity contribution in [3.8, 4) is 0 Å². The minimum absolute atomic E-state index is 0.00106. The summed E-state index contributed by atoms with van der Waals surface area (Å²) in [4.78, 5) is 11.5. The summed E-state index contributed by atoms with van der Waals surface area (Å²) in [6, 6.07) is 1.91. The summed E-state index contributed by atoms with van der Waals surface area (Å²) >= 11 is 11.6. The highest BCUT2D eigenvalue weighted by atomic mass is 35.5. The molecule has 0 spiro atoms. The molecule has 0 saturated carbocycles. The van der Waals surface area contributed by atoms with Gasteiger partial charge in [-0.1, -0.05) is 17.7 Å². The maximum atomic E-state index is 11.5. The Hall–Kier alpha value is -0.530. The zero-order valence-electron chi connectivity index (χ0n) is 8.45. The summed E-state index contributed by atoms with van der Waals surface area (Å²) in [6.45, 7) is 5.68. The lowest BCUT2D eigenvalue weighted by Crippen LogP contribution is -2.07. The third-order valence-electron chi connectivity index (χ3n) is 2.28. The van der Waals surface area contributed by atoms with Crippen LogP contribution in [0, 0.1) is 20.8 Å². The molecule has 0 aliphatic rings. The molecule has 1 rings (SSSR count). The predicted octanol–water partition coefficient (Wildman–Crippen LogP) is 3.69. The van der Waals surface area contributed by atoms with Gasteiger partial charge in [-0.25, -0.2) is 0 Å². The van der Waals surface area contributed by atoms with Gasteiger partial charge in [0.05, 0.1) is 5.88 Å². The molecule has 0 radical (unpaired) electrons. The van der Waals surface area contributed by atoms with Crippen LogP contribution in [0.1, 0.15) is 27.0 Å². The molecule has 0 fully saturated rings. The van der Waals surface area contributed by atoms with Crippen molar-refractivity contribution in [2.75, 3.05) is 5.88 Å². The van der Waals surface area contributed by atoms with E-state index in [0.29, 0.717) is 10.6 Å². The number of carbonyl (C=O) groups excluding carboxylic acids is 1. The zero-order valence-corrected chi connectivity index (χ0v) is 9.96. The summed E-state index contributed by atoms with van der Waals surface area (Å²) in [5.41, 5.74) is 3.42. The predicted molar refractivity (Wildman–Crippen MR) is 60.7 cm³/mol. The van der Waals surface area contributed by atoms with E-state index in [1.807, 2.05) is 26.8 Å². The van der Waals surface area contributed by atoms with Crippen molar-refractivity contribution in [1.82, 2.24) is 0 Å². The molecule has 0 amide bonds. The minimum Gasteiger partial charge on any atom is -0.293 e. The maximum Gasteiger partial charge on any atom is 0.178 e. The van der Waals surface area contributed by atoms with Gasteiger partial charge in [-0.2, -0.15) is 0 Å². The number of hydrogen-bond acceptors (Lipinski definition) is 1. The number of rotatable bonds is 2. The monoisotopic (exact) mass is 230 g/mol. The van der Waals surface area contributed by atoms with Gasteiger partial charge in [0.2, 0.25) is 0 Å².